The van der Waals surface area contributed by atoms with Crippen molar-refractivity contribution in [1.29, 1.82) is 0 Å². The fourth-order valence-corrected chi connectivity index (χ4v) is 2.20. The second-order valence-electron chi connectivity index (χ2n) is 5.27. The number of amides is 1. The van der Waals surface area contributed by atoms with Crippen molar-refractivity contribution in [2.45, 2.75) is 46.6 Å². The summed E-state index contributed by atoms with van der Waals surface area (Å²) in [5.41, 5.74) is 8.35. The van der Waals surface area contributed by atoms with E-state index in [1.165, 1.54) is 0 Å². The van der Waals surface area contributed by atoms with Crippen LogP contribution in [-0.4, -0.2) is 29.9 Å². The van der Waals surface area contributed by atoms with E-state index in [9.17, 15) is 4.79 Å². The van der Waals surface area contributed by atoms with Crippen LogP contribution in [0, 0.1) is 6.92 Å². The highest BCUT2D eigenvalue weighted by Crippen LogP contribution is 2.17. The van der Waals surface area contributed by atoms with Gasteiger partial charge in [0.15, 0.2) is 0 Å². The first-order chi connectivity index (χ1) is 9.49. The number of nitrogens with two attached hydrogens (primary N) is 1. The van der Waals surface area contributed by atoms with Crippen LogP contribution >= 0.6 is 0 Å². The van der Waals surface area contributed by atoms with Crippen LogP contribution in [0.4, 0.5) is 11.4 Å². The minimum absolute atomic E-state index is 0.0233. The minimum Gasteiger partial charge on any atom is -0.398 e. The largest absolute Gasteiger partial charge is 0.398 e. The molecule has 3 N–H and O–H groups in total. The van der Waals surface area contributed by atoms with E-state index in [-0.39, 0.29) is 11.9 Å². The maximum atomic E-state index is 12.3. The molecule has 112 valence electrons. The molecule has 1 aromatic rings. The summed E-state index contributed by atoms with van der Waals surface area (Å²) in [5, 5.41) is 2.95. The second-order valence-corrected chi connectivity index (χ2v) is 5.27. The summed E-state index contributed by atoms with van der Waals surface area (Å²) < 4.78 is 0. The number of rotatable bonds is 7. The fraction of sp³-hybridized carbons (Fsp3) is 0.562. The molecule has 0 heterocycles. The number of benzene rings is 1. The van der Waals surface area contributed by atoms with Crippen molar-refractivity contribution in [1.82, 2.24) is 4.90 Å². The molecular weight excluding hydrogens is 250 g/mol. The molecular formula is C16H27N3O. The monoisotopic (exact) mass is 277 g/mol. The van der Waals surface area contributed by atoms with Gasteiger partial charge in [-0.05, 0) is 57.5 Å². The zero-order valence-corrected chi connectivity index (χ0v) is 13.1. The lowest BCUT2D eigenvalue weighted by molar-refractivity contribution is -0.120. The van der Waals surface area contributed by atoms with Gasteiger partial charge < -0.3 is 11.1 Å². The SMILES string of the molecule is CCCN(CCC)C(C)C(=O)Nc1ccc(C)c(N)c1. The van der Waals surface area contributed by atoms with E-state index in [4.69, 9.17) is 5.73 Å². The van der Waals surface area contributed by atoms with Crippen molar-refractivity contribution in [2.75, 3.05) is 24.1 Å². The van der Waals surface area contributed by atoms with Gasteiger partial charge in [0.05, 0.1) is 6.04 Å². The fourth-order valence-electron chi connectivity index (χ4n) is 2.20. The quantitative estimate of drug-likeness (QED) is 0.753. The average molecular weight is 277 g/mol. The first kappa shape index (κ1) is 16.5. The van der Waals surface area contributed by atoms with E-state index in [1.54, 1.807) is 0 Å². The van der Waals surface area contributed by atoms with Gasteiger partial charge in [-0.1, -0.05) is 19.9 Å². The number of aryl methyl sites for hydroxylation is 1. The van der Waals surface area contributed by atoms with Gasteiger partial charge >= 0.3 is 0 Å². The Hall–Kier alpha value is -1.55. The molecule has 0 aromatic heterocycles. The number of carbonyl (C=O) groups is 1. The molecule has 20 heavy (non-hydrogen) atoms. The normalized spacial score (nSPS) is 12.4. The molecule has 4 heteroatoms. The molecule has 1 aromatic carbocycles. The molecule has 0 saturated carbocycles. The predicted octanol–water partition coefficient (Wildman–Crippen LogP) is 3.03. The van der Waals surface area contributed by atoms with Crippen LogP contribution in [0.25, 0.3) is 0 Å². The summed E-state index contributed by atoms with van der Waals surface area (Å²) >= 11 is 0. The van der Waals surface area contributed by atoms with Gasteiger partial charge in [0.25, 0.3) is 0 Å². The highest BCUT2D eigenvalue weighted by atomic mass is 16.2. The lowest BCUT2D eigenvalue weighted by atomic mass is 10.1. The summed E-state index contributed by atoms with van der Waals surface area (Å²) in [7, 11) is 0. The van der Waals surface area contributed by atoms with E-state index < -0.39 is 0 Å². The molecule has 1 rings (SSSR count). The van der Waals surface area contributed by atoms with Gasteiger partial charge in [0.1, 0.15) is 0 Å². The number of hydrogen-bond acceptors (Lipinski definition) is 3. The topological polar surface area (TPSA) is 58.4 Å². The van der Waals surface area contributed by atoms with Crippen molar-refractivity contribution in [2.24, 2.45) is 0 Å². The molecule has 0 fully saturated rings. The molecule has 0 aliphatic heterocycles. The van der Waals surface area contributed by atoms with E-state index in [0.29, 0.717) is 5.69 Å². The zero-order chi connectivity index (χ0) is 15.1. The highest BCUT2D eigenvalue weighted by Gasteiger charge is 2.20. The number of nitrogens with zero attached hydrogens (tertiary/aromatic N) is 1. The summed E-state index contributed by atoms with van der Waals surface area (Å²) in [6.07, 6.45) is 2.10. The minimum atomic E-state index is -0.127. The van der Waals surface area contributed by atoms with Gasteiger partial charge in [-0.2, -0.15) is 0 Å². The molecule has 0 aliphatic rings. The molecule has 1 atom stereocenters. The van der Waals surface area contributed by atoms with Crippen molar-refractivity contribution in [3.8, 4) is 0 Å². The maximum Gasteiger partial charge on any atom is 0.241 e. The Morgan fingerprint density at radius 2 is 1.90 bits per heavy atom. The van der Waals surface area contributed by atoms with Crippen LogP contribution in [-0.2, 0) is 4.79 Å². The van der Waals surface area contributed by atoms with Crippen LogP contribution in [0.15, 0.2) is 18.2 Å². The Labute approximate surface area is 122 Å². The van der Waals surface area contributed by atoms with Crippen LogP contribution in [0.1, 0.15) is 39.2 Å². The van der Waals surface area contributed by atoms with Gasteiger partial charge in [-0.25, -0.2) is 0 Å². The van der Waals surface area contributed by atoms with Crippen molar-refractivity contribution >= 4 is 17.3 Å². The molecule has 1 amide bonds. The van der Waals surface area contributed by atoms with Crippen LogP contribution in [0.5, 0.6) is 0 Å². The van der Waals surface area contributed by atoms with Gasteiger partial charge in [0, 0.05) is 11.4 Å². The van der Waals surface area contributed by atoms with Crippen LogP contribution in [0.3, 0.4) is 0 Å². The Bertz CT molecular complexity index is 439. The summed E-state index contributed by atoms with van der Waals surface area (Å²) in [6, 6.07) is 5.49. The molecule has 4 nitrogen and oxygen atoms in total. The van der Waals surface area contributed by atoms with E-state index in [2.05, 4.69) is 24.1 Å². The van der Waals surface area contributed by atoms with Crippen LogP contribution in [0.2, 0.25) is 0 Å². The third kappa shape index (κ3) is 4.53. The first-order valence-corrected chi connectivity index (χ1v) is 7.40. The standard InChI is InChI=1S/C16H27N3O/c1-5-9-19(10-6-2)13(4)16(20)18-14-8-7-12(3)15(17)11-14/h7-8,11,13H,5-6,9-10,17H2,1-4H3,(H,18,20). The van der Waals surface area contributed by atoms with Crippen molar-refractivity contribution in [3.63, 3.8) is 0 Å². The number of carbonyl (C=O) groups excluding carboxylic acids is 1. The maximum absolute atomic E-state index is 12.3. The molecule has 0 aliphatic carbocycles. The highest BCUT2D eigenvalue weighted by molar-refractivity contribution is 5.95. The molecule has 0 radical (unpaired) electrons. The number of anilines is 2. The first-order valence-electron chi connectivity index (χ1n) is 7.40. The van der Waals surface area contributed by atoms with E-state index in [0.717, 1.165) is 37.2 Å². The predicted molar refractivity (Wildman–Crippen MR) is 85.8 cm³/mol. The average Bonchev–Trinajstić information content (AvgIpc) is 2.42. The molecule has 1 unspecified atom stereocenters. The Morgan fingerprint density at radius 1 is 1.30 bits per heavy atom. The second kappa shape index (κ2) is 7.90. The lowest BCUT2D eigenvalue weighted by Crippen LogP contribution is -2.42. The molecule has 0 spiro atoms. The summed E-state index contributed by atoms with van der Waals surface area (Å²) in [5.74, 6) is 0.0233. The zero-order valence-electron chi connectivity index (χ0n) is 13.1. The number of hydrogen-bond donors (Lipinski definition) is 2. The smallest absolute Gasteiger partial charge is 0.241 e. The summed E-state index contributed by atoms with van der Waals surface area (Å²) in [4.78, 5) is 14.5. The third-order valence-electron chi connectivity index (χ3n) is 3.50. The van der Waals surface area contributed by atoms with Gasteiger partial charge in [-0.3, -0.25) is 9.69 Å². The van der Waals surface area contributed by atoms with E-state index in [1.807, 2.05) is 32.0 Å². The molecule has 0 bridgehead atoms. The Morgan fingerprint density at radius 3 is 2.40 bits per heavy atom. The third-order valence-corrected chi connectivity index (χ3v) is 3.50. The van der Waals surface area contributed by atoms with Gasteiger partial charge in [0.2, 0.25) is 5.91 Å². The van der Waals surface area contributed by atoms with Gasteiger partial charge in [-0.15, -0.1) is 0 Å². The van der Waals surface area contributed by atoms with E-state index >= 15 is 0 Å². The van der Waals surface area contributed by atoms with Crippen molar-refractivity contribution < 1.29 is 4.79 Å². The summed E-state index contributed by atoms with van der Waals surface area (Å²) in [6.45, 7) is 10.1. The van der Waals surface area contributed by atoms with Crippen molar-refractivity contribution in [3.05, 3.63) is 23.8 Å². The Kier molecular flexibility index (Phi) is 6.52. The molecule has 0 saturated heterocycles. The number of nitrogen functional groups attached to an aromatic ring is 1. The van der Waals surface area contributed by atoms with Crippen LogP contribution < -0.4 is 11.1 Å². The lowest BCUT2D eigenvalue weighted by Gasteiger charge is -2.27. The number of nitrogens with one attached hydrogen (secondary N) is 1. The Balaban J connectivity index is 2.70.